The molecule has 4 nitrogen and oxygen atoms in total. The van der Waals surface area contributed by atoms with Gasteiger partial charge in [-0.1, -0.05) is 78.5 Å². The molecule has 0 aromatic heterocycles. The van der Waals surface area contributed by atoms with E-state index in [4.69, 9.17) is 4.74 Å². The Labute approximate surface area is 178 Å². The number of hydrogen-bond donors (Lipinski definition) is 0. The first-order valence-corrected chi connectivity index (χ1v) is 10.5. The van der Waals surface area contributed by atoms with Crippen LogP contribution in [0.2, 0.25) is 0 Å². The van der Waals surface area contributed by atoms with Crippen LogP contribution in [-0.2, 0) is 24.4 Å². The van der Waals surface area contributed by atoms with Crippen molar-refractivity contribution in [3.63, 3.8) is 0 Å². The number of para-hydroxylation sites is 1. The molecule has 0 bridgehead atoms. The fourth-order valence-electron chi connectivity index (χ4n) is 3.32. The molecular weight excluding hydrogens is 401 g/mol. The van der Waals surface area contributed by atoms with E-state index < -0.39 is 5.25 Å². The minimum atomic E-state index is -0.501. The molecule has 152 valence electrons. The van der Waals surface area contributed by atoms with Gasteiger partial charge in [0.2, 0.25) is 5.91 Å². The monoisotopic (exact) mass is 421 g/mol. The predicted octanol–water partition coefficient (Wildman–Crippen LogP) is 5.21. The lowest BCUT2D eigenvalue weighted by atomic mass is 10.1. The standard InChI is InChI=1S/C24H20FNO3S/c25-20-12-6-4-11-19(20)16-29-21-13-7-5-10-18(21)14-22-23(27)26(24(28)30-22)15-17-8-2-1-3-9-17/h1-13,22H,14-16H2/t22-/m0/s1. The first-order chi connectivity index (χ1) is 14.6. The van der Waals surface area contributed by atoms with Crippen molar-refractivity contribution in [1.29, 1.82) is 0 Å². The number of benzene rings is 3. The van der Waals surface area contributed by atoms with E-state index in [2.05, 4.69) is 0 Å². The van der Waals surface area contributed by atoms with Gasteiger partial charge in [-0.25, -0.2) is 4.39 Å². The van der Waals surface area contributed by atoms with E-state index in [1.54, 1.807) is 24.3 Å². The summed E-state index contributed by atoms with van der Waals surface area (Å²) in [6.07, 6.45) is 0.369. The maximum Gasteiger partial charge on any atom is 0.289 e. The highest BCUT2D eigenvalue weighted by Crippen LogP contribution is 2.33. The summed E-state index contributed by atoms with van der Waals surface area (Å²) in [4.78, 5) is 26.6. The first kappa shape index (κ1) is 20.2. The SMILES string of the molecule is O=C1S[C@@H](Cc2ccccc2OCc2ccccc2F)C(=O)N1Cc1ccccc1. The lowest BCUT2D eigenvalue weighted by molar-refractivity contribution is -0.127. The van der Waals surface area contributed by atoms with Crippen LogP contribution in [0.25, 0.3) is 0 Å². The Bertz CT molecular complexity index is 1060. The van der Waals surface area contributed by atoms with Gasteiger partial charge in [0.05, 0.1) is 11.8 Å². The van der Waals surface area contributed by atoms with Gasteiger partial charge in [0.25, 0.3) is 5.24 Å². The van der Waals surface area contributed by atoms with Crippen molar-refractivity contribution in [3.8, 4) is 5.75 Å². The summed E-state index contributed by atoms with van der Waals surface area (Å²) in [5.41, 5.74) is 2.19. The number of ether oxygens (including phenoxy) is 1. The number of nitrogens with zero attached hydrogens (tertiary/aromatic N) is 1. The smallest absolute Gasteiger partial charge is 0.289 e. The number of carbonyl (C=O) groups excluding carboxylic acids is 2. The van der Waals surface area contributed by atoms with E-state index in [1.165, 1.54) is 11.0 Å². The van der Waals surface area contributed by atoms with Gasteiger partial charge in [-0.05, 0) is 29.7 Å². The van der Waals surface area contributed by atoms with Crippen LogP contribution in [-0.4, -0.2) is 21.3 Å². The third-order valence-corrected chi connectivity index (χ3v) is 5.98. The van der Waals surface area contributed by atoms with Crippen LogP contribution >= 0.6 is 11.8 Å². The zero-order valence-electron chi connectivity index (χ0n) is 16.2. The van der Waals surface area contributed by atoms with Crippen molar-refractivity contribution in [3.05, 3.63) is 101 Å². The van der Waals surface area contributed by atoms with Crippen molar-refractivity contribution in [2.75, 3.05) is 0 Å². The molecule has 1 saturated heterocycles. The number of halogens is 1. The topological polar surface area (TPSA) is 46.6 Å². The molecule has 0 unspecified atom stereocenters. The van der Waals surface area contributed by atoms with Crippen LogP contribution in [0.4, 0.5) is 9.18 Å². The van der Waals surface area contributed by atoms with Crippen molar-refractivity contribution in [2.45, 2.75) is 24.8 Å². The molecule has 0 saturated carbocycles. The van der Waals surface area contributed by atoms with Gasteiger partial charge in [0.1, 0.15) is 18.2 Å². The minimum Gasteiger partial charge on any atom is -0.489 e. The average molecular weight is 421 g/mol. The summed E-state index contributed by atoms with van der Waals surface area (Å²) >= 11 is 1.04. The Morgan fingerprint density at radius 3 is 2.30 bits per heavy atom. The second kappa shape index (κ2) is 9.13. The molecule has 1 aliphatic rings. The van der Waals surface area contributed by atoms with Gasteiger partial charge in [-0.15, -0.1) is 0 Å². The largest absolute Gasteiger partial charge is 0.489 e. The Hall–Kier alpha value is -3.12. The zero-order chi connectivity index (χ0) is 20.9. The van der Waals surface area contributed by atoms with Gasteiger partial charge in [0, 0.05) is 5.56 Å². The normalized spacial score (nSPS) is 16.2. The molecule has 6 heteroatoms. The van der Waals surface area contributed by atoms with Crippen LogP contribution in [0.5, 0.6) is 5.75 Å². The second-order valence-corrected chi connectivity index (χ2v) is 8.13. The molecular formula is C24H20FNO3S. The molecule has 3 aromatic rings. The fourth-order valence-corrected chi connectivity index (χ4v) is 4.34. The summed E-state index contributed by atoms with van der Waals surface area (Å²) in [6, 6.07) is 23.3. The molecule has 1 heterocycles. The van der Waals surface area contributed by atoms with Crippen molar-refractivity contribution in [2.24, 2.45) is 0 Å². The highest BCUT2D eigenvalue weighted by atomic mass is 32.2. The van der Waals surface area contributed by atoms with Crippen LogP contribution in [0.15, 0.2) is 78.9 Å². The summed E-state index contributed by atoms with van der Waals surface area (Å²) in [5.74, 6) is 0.0690. The summed E-state index contributed by atoms with van der Waals surface area (Å²) in [5, 5.41) is -0.738. The molecule has 0 N–H and O–H groups in total. The van der Waals surface area contributed by atoms with Crippen LogP contribution in [0, 0.1) is 5.82 Å². The molecule has 0 spiro atoms. The molecule has 30 heavy (non-hydrogen) atoms. The molecule has 4 rings (SSSR count). The highest BCUT2D eigenvalue weighted by molar-refractivity contribution is 8.15. The molecule has 1 aliphatic heterocycles. The van der Waals surface area contributed by atoms with E-state index in [9.17, 15) is 14.0 Å². The number of amides is 2. The van der Waals surface area contributed by atoms with E-state index in [-0.39, 0.29) is 30.1 Å². The first-order valence-electron chi connectivity index (χ1n) is 9.62. The van der Waals surface area contributed by atoms with Gasteiger partial charge in [-0.3, -0.25) is 14.5 Å². The Morgan fingerprint density at radius 2 is 1.53 bits per heavy atom. The number of hydrogen-bond acceptors (Lipinski definition) is 4. The van der Waals surface area contributed by atoms with E-state index >= 15 is 0 Å². The zero-order valence-corrected chi connectivity index (χ0v) is 17.0. The third kappa shape index (κ3) is 4.54. The quantitative estimate of drug-likeness (QED) is 0.525. The minimum absolute atomic E-state index is 0.0918. The van der Waals surface area contributed by atoms with Crippen molar-refractivity contribution in [1.82, 2.24) is 4.90 Å². The average Bonchev–Trinajstić information content (AvgIpc) is 3.02. The maximum atomic E-state index is 13.9. The van der Waals surface area contributed by atoms with Gasteiger partial charge in [-0.2, -0.15) is 0 Å². The number of rotatable bonds is 7. The predicted molar refractivity (Wildman–Crippen MR) is 115 cm³/mol. The second-order valence-electron chi connectivity index (χ2n) is 6.97. The van der Waals surface area contributed by atoms with Crippen LogP contribution < -0.4 is 4.74 Å². The van der Waals surface area contributed by atoms with Crippen molar-refractivity contribution >= 4 is 22.9 Å². The van der Waals surface area contributed by atoms with Crippen LogP contribution in [0.3, 0.4) is 0 Å². The van der Waals surface area contributed by atoms with E-state index in [1.807, 2.05) is 48.5 Å². The molecule has 2 amide bonds. The molecule has 3 aromatic carbocycles. The number of thioether (sulfide) groups is 1. The van der Waals surface area contributed by atoms with Gasteiger partial charge in [0.15, 0.2) is 0 Å². The van der Waals surface area contributed by atoms with Gasteiger partial charge < -0.3 is 4.74 Å². The van der Waals surface area contributed by atoms with Crippen molar-refractivity contribution < 1.29 is 18.7 Å². The maximum absolute atomic E-state index is 13.9. The Balaban J connectivity index is 1.45. The number of imide groups is 1. The Morgan fingerprint density at radius 1 is 0.867 bits per heavy atom. The Kier molecular flexibility index (Phi) is 6.14. The molecule has 0 aliphatic carbocycles. The lowest BCUT2D eigenvalue weighted by Gasteiger charge is -2.15. The molecule has 1 atom stereocenters. The van der Waals surface area contributed by atoms with Crippen LogP contribution in [0.1, 0.15) is 16.7 Å². The van der Waals surface area contributed by atoms with E-state index in [0.29, 0.717) is 17.7 Å². The lowest BCUT2D eigenvalue weighted by Crippen LogP contribution is -2.31. The van der Waals surface area contributed by atoms with E-state index in [0.717, 1.165) is 22.9 Å². The summed E-state index contributed by atoms with van der Waals surface area (Å²) in [7, 11) is 0. The van der Waals surface area contributed by atoms with Gasteiger partial charge >= 0.3 is 0 Å². The number of carbonyl (C=O) groups is 2. The summed E-state index contributed by atoms with van der Waals surface area (Å²) < 4.78 is 19.7. The molecule has 1 fully saturated rings. The third-order valence-electron chi connectivity index (χ3n) is 4.91. The summed E-state index contributed by atoms with van der Waals surface area (Å²) in [6.45, 7) is 0.363. The molecule has 0 radical (unpaired) electrons. The fraction of sp³-hybridized carbons (Fsp3) is 0.167. The highest BCUT2D eigenvalue weighted by Gasteiger charge is 2.39.